The molecule has 4 aliphatic rings. The second-order valence-electron chi connectivity index (χ2n) is 12.7. The van der Waals surface area contributed by atoms with E-state index in [-0.39, 0.29) is 11.7 Å². The molecular weight excluding hydrogens is 555 g/mol. The van der Waals surface area contributed by atoms with E-state index < -0.39 is 0 Å². The van der Waals surface area contributed by atoms with E-state index in [0.717, 1.165) is 49.4 Å². The highest BCUT2D eigenvalue weighted by Gasteiger charge is 2.32. The molecule has 1 saturated carbocycles. The van der Waals surface area contributed by atoms with Crippen molar-refractivity contribution in [1.29, 1.82) is 0 Å². The topological polar surface area (TPSA) is 20.3 Å². The molecule has 1 aliphatic heterocycles. The number of hydrogen-bond acceptors (Lipinski definition) is 3. The lowest BCUT2D eigenvalue weighted by molar-refractivity contribution is -0.118. The molecule has 0 N–H and O–H groups in total. The monoisotopic (exact) mass is 613 g/mol. The first kappa shape index (κ1) is 36.1. The number of carbonyl (C=O) groups is 1. The number of nitrogens with zero attached hydrogens (tertiary/aromatic N) is 1. The van der Waals surface area contributed by atoms with E-state index in [9.17, 15) is 4.79 Å². The van der Waals surface area contributed by atoms with Crippen LogP contribution in [-0.2, 0) is 4.79 Å². The number of likely N-dealkylation sites (tertiary alicyclic amines) is 1. The highest BCUT2D eigenvalue weighted by Crippen LogP contribution is 2.41. The summed E-state index contributed by atoms with van der Waals surface area (Å²) in [5.74, 6) is 1.70. The van der Waals surface area contributed by atoms with Gasteiger partial charge in [-0.05, 0) is 136 Å². The molecule has 2 fully saturated rings. The van der Waals surface area contributed by atoms with Crippen LogP contribution in [0.15, 0.2) is 93.3 Å². The van der Waals surface area contributed by atoms with E-state index in [1.165, 1.54) is 71.5 Å². The van der Waals surface area contributed by atoms with E-state index in [0.29, 0.717) is 5.92 Å². The number of rotatable bonds is 6. The zero-order chi connectivity index (χ0) is 32.1. The summed E-state index contributed by atoms with van der Waals surface area (Å²) in [6.45, 7) is 19.2. The Hall–Kier alpha value is -2.36. The summed E-state index contributed by atoms with van der Waals surface area (Å²) in [6, 6.07) is 9.10. The Kier molecular flexibility index (Phi) is 15.2. The van der Waals surface area contributed by atoms with Gasteiger partial charge in [-0.3, -0.25) is 4.79 Å². The van der Waals surface area contributed by atoms with Crippen molar-refractivity contribution in [1.82, 2.24) is 4.90 Å². The maximum atomic E-state index is 13.4. The minimum atomic E-state index is -0.0161. The second-order valence-corrected chi connectivity index (χ2v) is 14.1. The molecule has 1 heterocycles. The SMILES string of the molecule is C=C(S/C(C)=C(C)/C1=C/C2=C/C/C=C\CC=C2C(CC)C1=O)C1CCN(C)CC1.CC.Cc1ccc(C2CCCCC2)cc1. The molecule has 1 atom stereocenters. The number of hydrogen-bond donors (Lipinski definition) is 0. The number of aryl methyl sites for hydroxylation is 1. The molecule has 1 unspecified atom stereocenters. The molecule has 1 saturated heterocycles. The summed E-state index contributed by atoms with van der Waals surface area (Å²) in [7, 11) is 2.19. The van der Waals surface area contributed by atoms with E-state index in [4.69, 9.17) is 0 Å². The van der Waals surface area contributed by atoms with Gasteiger partial charge in [0.05, 0.1) is 0 Å². The largest absolute Gasteiger partial charge is 0.306 e. The molecule has 240 valence electrons. The van der Waals surface area contributed by atoms with Crippen molar-refractivity contribution in [2.75, 3.05) is 20.1 Å². The minimum Gasteiger partial charge on any atom is -0.306 e. The Bertz CT molecular complexity index is 1240. The third-order valence-electron chi connectivity index (χ3n) is 9.66. The Balaban J connectivity index is 0.000000292. The van der Waals surface area contributed by atoms with Crippen LogP contribution >= 0.6 is 11.8 Å². The molecule has 2 nitrogen and oxygen atoms in total. The number of benzene rings is 1. The first-order valence-electron chi connectivity index (χ1n) is 17.4. The fourth-order valence-corrected chi connectivity index (χ4v) is 7.77. The predicted molar refractivity (Wildman–Crippen MR) is 195 cm³/mol. The number of fused-ring (bicyclic) bond motifs is 1. The average molecular weight is 614 g/mol. The molecule has 3 aliphatic carbocycles. The molecule has 0 aromatic heterocycles. The average Bonchev–Trinajstić information content (AvgIpc) is 3.04. The standard InChI is InChI=1S/C26H35NOS.C13H18.C2H6/c1-6-23-24-12-10-8-7-9-11-22(24)17-25(26(23)28)18(2)19(3)29-20(4)21-13-15-27(5)16-14-21;1-11-7-9-13(10-8-11)12-5-3-2-4-6-12;1-2/h7-8,11-12,17,21,23H,4,6,9-10,13-16H2,1-3,5H3;7-10,12H,2-6H2,1H3;1-2H3/b8-7-,19-18+,22-11-,24-12?;;. The number of thioether (sulfide) groups is 1. The van der Waals surface area contributed by atoms with Crippen LogP contribution in [0.1, 0.15) is 116 Å². The van der Waals surface area contributed by atoms with Gasteiger partial charge in [-0.2, -0.15) is 0 Å². The fraction of sp³-hybridized carbons (Fsp3) is 0.537. The number of piperidine rings is 1. The predicted octanol–water partition coefficient (Wildman–Crippen LogP) is 11.7. The first-order chi connectivity index (χ1) is 21.3. The smallest absolute Gasteiger partial charge is 0.170 e. The molecule has 0 radical (unpaired) electrons. The lowest BCUT2D eigenvalue weighted by atomic mass is 9.76. The van der Waals surface area contributed by atoms with E-state index in [1.54, 1.807) is 17.3 Å². The van der Waals surface area contributed by atoms with Crippen molar-refractivity contribution in [3.05, 3.63) is 104 Å². The van der Waals surface area contributed by atoms with Crippen LogP contribution in [-0.4, -0.2) is 30.8 Å². The molecule has 1 aromatic rings. The van der Waals surface area contributed by atoms with Crippen molar-refractivity contribution in [2.24, 2.45) is 11.8 Å². The summed E-state index contributed by atoms with van der Waals surface area (Å²) >= 11 is 1.79. The molecule has 0 bridgehead atoms. The normalized spacial score (nSPS) is 23.8. The van der Waals surface area contributed by atoms with Crippen LogP contribution in [0, 0.1) is 18.8 Å². The lowest BCUT2D eigenvalue weighted by Crippen LogP contribution is -2.30. The van der Waals surface area contributed by atoms with Crippen LogP contribution in [0.3, 0.4) is 0 Å². The zero-order valence-electron chi connectivity index (χ0n) is 28.9. The Labute approximate surface area is 274 Å². The summed E-state index contributed by atoms with van der Waals surface area (Å²) < 4.78 is 0. The summed E-state index contributed by atoms with van der Waals surface area (Å²) in [5.41, 5.74) is 7.41. The van der Waals surface area contributed by atoms with Gasteiger partial charge in [0, 0.05) is 11.5 Å². The highest BCUT2D eigenvalue weighted by molar-refractivity contribution is 8.06. The van der Waals surface area contributed by atoms with Gasteiger partial charge in [0.2, 0.25) is 0 Å². The molecule has 44 heavy (non-hydrogen) atoms. The fourth-order valence-electron chi connectivity index (χ4n) is 6.71. The molecule has 0 amide bonds. The van der Waals surface area contributed by atoms with Crippen LogP contribution in [0.25, 0.3) is 0 Å². The van der Waals surface area contributed by atoms with E-state index in [2.05, 4.69) is 101 Å². The number of carbonyl (C=O) groups excluding carboxylic acids is 1. The third kappa shape index (κ3) is 10.1. The lowest BCUT2D eigenvalue weighted by Gasteiger charge is -2.30. The number of ketones is 1. The minimum absolute atomic E-state index is 0.0161. The van der Waals surface area contributed by atoms with Crippen molar-refractivity contribution in [3.63, 3.8) is 0 Å². The van der Waals surface area contributed by atoms with Crippen molar-refractivity contribution >= 4 is 17.5 Å². The summed E-state index contributed by atoms with van der Waals surface area (Å²) in [5, 5.41) is 0. The first-order valence-corrected chi connectivity index (χ1v) is 18.2. The maximum absolute atomic E-state index is 13.4. The van der Waals surface area contributed by atoms with Gasteiger partial charge in [-0.1, -0.05) is 113 Å². The van der Waals surface area contributed by atoms with E-state index in [1.807, 2.05) is 13.8 Å². The van der Waals surface area contributed by atoms with Gasteiger partial charge in [0.25, 0.3) is 0 Å². The van der Waals surface area contributed by atoms with Crippen LogP contribution < -0.4 is 0 Å². The van der Waals surface area contributed by atoms with Crippen LogP contribution in [0.5, 0.6) is 0 Å². The molecule has 3 heteroatoms. The van der Waals surface area contributed by atoms with Gasteiger partial charge in [-0.25, -0.2) is 0 Å². The van der Waals surface area contributed by atoms with Crippen molar-refractivity contribution in [2.45, 2.75) is 112 Å². The van der Waals surface area contributed by atoms with Crippen LogP contribution in [0.4, 0.5) is 0 Å². The number of allylic oxidation sites excluding steroid dienone is 11. The highest BCUT2D eigenvalue weighted by atomic mass is 32.2. The second kappa shape index (κ2) is 18.6. The zero-order valence-corrected chi connectivity index (χ0v) is 29.7. The molecular formula is C41H59NOS. The molecule has 1 aromatic carbocycles. The van der Waals surface area contributed by atoms with Gasteiger partial charge in [-0.15, -0.1) is 0 Å². The van der Waals surface area contributed by atoms with Crippen molar-refractivity contribution < 1.29 is 4.79 Å². The van der Waals surface area contributed by atoms with Gasteiger partial charge < -0.3 is 4.90 Å². The van der Waals surface area contributed by atoms with Gasteiger partial charge >= 0.3 is 0 Å². The maximum Gasteiger partial charge on any atom is 0.170 e. The number of Topliss-reactive ketones (excluding diaryl/α,β-unsaturated/α-hetero) is 1. The van der Waals surface area contributed by atoms with Crippen molar-refractivity contribution in [3.8, 4) is 0 Å². The van der Waals surface area contributed by atoms with Gasteiger partial charge in [0.1, 0.15) is 0 Å². The summed E-state index contributed by atoms with van der Waals surface area (Å²) in [6.07, 6.45) is 23.2. The Morgan fingerprint density at radius 1 is 0.932 bits per heavy atom. The van der Waals surface area contributed by atoms with E-state index >= 15 is 0 Å². The Morgan fingerprint density at radius 2 is 1.55 bits per heavy atom. The molecule has 0 spiro atoms. The summed E-state index contributed by atoms with van der Waals surface area (Å²) in [4.78, 5) is 18.2. The quantitative estimate of drug-likeness (QED) is 0.298. The van der Waals surface area contributed by atoms with Crippen LogP contribution in [0.2, 0.25) is 0 Å². The molecule has 5 rings (SSSR count). The third-order valence-corrected chi connectivity index (χ3v) is 10.9. The van der Waals surface area contributed by atoms with Gasteiger partial charge in [0.15, 0.2) is 5.78 Å². The Morgan fingerprint density at radius 3 is 2.16 bits per heavy atom.